The lowest BCUT2D eigenvalue weighted by molar-refractivity contribution is -0.145. The van der Waals surface area contributed by atoms with Gasteiger partial charge in [0.1, 0.15) is 0 Å². The molecule has 1 aromatic carbocycles. The molecule has 1 saturated heterocycles. The van der Waals surface area contributed by atoms with Gasteiger partial charge in [0.2, 0.25) is 0 Å². The summed E-state index contributed by atoms with van der Waals surface area (Å²) in [5, 5.41) is 8.83. The Labute approximate surface area is 110 Å². The molecule has 1 fully saturated rings. The van der Waals surface area contributed by atoms with Crippen molar-refractivity contribution in [1.29, 1.82) is 5.26 Å². The smallest absolute Gasteiger partial charge is 0.494 e. The molecule has 1 aliphatic heterocycles. The van der Waals surface area contributed by atoms with Gasteiger partial charge in [0.05, 0.1) is 24.7 Å². The highest BCUT2D eigenvalue weighted by Crippen LogP contribution is 2.03. The van der Waals surface area contributed by atoms with Gasteiger partial charge in [-0.15, -0.1) is 0 Å². The van der Waals surface area contributed by atoms with Gasteiger partial charge < -0.3 is 9.31 Å². The molecule has 1 aromatic rings. The van der Waals surface area contributed by atoms with Crippen molar-refractivity contribution in [3.63, 3.8) is 0 Å². The Bertz CT molecular complexity index is 535. The Morgan fingerprint density at radius 2 is 1.89 bits per heavy atom. The molecule has 1 aliphatic rings. The molecule has 0 atom stereocenters. The van der Waals surface area contributed by atoms with Crippen LogP contribution in [0.4, 0.5) is 0 Å². The number of carbonyl (C=O) groups is 2. The van der Waals surface area contributed by atoms with Crippen molar-refractivity contribution in [1.82, 2.24) is 4.90 Å². The van der Waals surface area contributed by atoms with Gasteiger partial charge in [-0.2, -0.15) is 5.26 Å². The number of nitrogens with zero attached hydrogens (tertiary/aromatic N) is 2. The number of hydrogen-bond acceptors (Lipinski definition) is 6. The van der Waals surface area contributed by atoms with E-state index in [1.807, 2.05) is 6.07 Å². The molecule has 0 aliphatic carbocycles. The summed E-state index contributed by atoms with van der Waals surface area (Å²) in [5.41, 5.74) is 0.870. The molecule has 1 heterocycles. The number of benzene rings is 1. The molecule has 96 valence electrons. The first kappa shape index (κ1) is 13.1. The van der Waals surface area contributed by atoms with Crippen LogP contribution in [0.3, 0.4) is 0 Å². The van der Waals surface area contributed by atoms with E-state index in [0.717, 1.165) is 0 Å². The summed E-state index contributed by atoms with van der Waals surface area (Å²) >= 11 is 0. The predicted molar refractivity (Wildman–Crippen MR) is 66.2 cm³/mol. The van der Waals surface area contributed by atoms with E-state index in [4.69, 9.17) is 14.6 Å². The molecule has 7 heteroatoms. The summed E-state index contributed by atoms with van der Waals surface area (Å²) in [6.45, 7) is 0.0348. The summed E-state index contributed by atoms with van der Waals surface area (Å²) in [7, 11) is 0.529. The second-order valence-electron chi connectivity index (χ2n) is 4.22. The molecular weight excluding hydrogens is 247 g/mol. The standard InChI is InChI=1S/C12H11BN2O4/c1-15-7-11(16)18-13(19-12(17)8-15)10-4-2-3-9(5-10)6-14/h2-5H,7-8H2,1H3. The van der Waals surface area contributed by atoms with E-state index in [-0.39, 0.29) is 13.1 Å². The van der Waals surface area contributed by atoms with E-state index >= 15 is 0 Å². The Morgan fingerprint density at radius 3 is 2.47 bits per heavy atom. The summed E-state index contributed by atoms with van der Waals surface area (Å²) in [6, 6.07) is 8.39. The van der Waals surface area contributed by atoms with Crippen LogP contribution in [0.1, 0.15) is 5.56 Å². The first-order valence-electron chi connectivity index (χ1n) is 5.66. The molecular formula is C12H11BN2O4. The molecule has 19 heavy (non-hydrogen) atoms. The maximum absolute atomic E-state index is 11.6. The van der Waals surface area contributed by atoms with Crippen molar-refractivity contribution in [2.45, 2.75) is 0 Å². The van der Waals surface area contributed by atoms with Crippen LogP contribution in [-0.4, -0.2) is 44.1 Å². The average molecular weight is 258 g/mol. The van der Waals surface area contributed by atoms with Crippen LogP contribution in [0, 0.1) is 11.3 Å². The first-order valence-corrected chi connectivity index (χ1v) is 5.66. The lowest BCUT2D eigenvalue weighted by Gasteiger charge is -2.22. The van der Waals surface area contributed by atoms with Gasteiger partial charge in [-0.25, -0.2) is 0 Å². The highest BCUT2D eigenvalue weighted by Gasteiger charge is 2.33. The fraction of sp³-hybridized carbons (Fsp3) is 0.250. The lowest BCUT2D eigenvalue weighted by Crippen LogP contribution is -2.47. The zero-order valence-electron chi connectivity index (χ0n) is 10.3. The van der Waals surface area contributed by atoms with Crippen molar-refractivity contribution < 1.29 is 18.9 Å². The molecule has 0 radical (unpaired) electrons. The predicted octanol–water partition coefficient (Wildman–Crippen LogP) is -0.715. The van der Waals surface area contributed by atoms with E-state index in [9.17, 15) is 9.59 Å². The van der Waals surface area contributed by atoms with Crippen molar-refractivity contribution in [3.8, 4) is 6.07 Å². The third kappa shape index (κ3) is 3.33. The van der Waals surface area contributed by atoms with Gasteiger partial charge in [0.15, 0.2) is 0 Å². The zero-order chi connectivity index (χ0) is 13.8. The average Bonchev–Trinajstić information content (AvgIpc) is 2.36. The van der Waals surface area contributed by atoms with Crippen molar-refractivity contribution in [3.05, 3.63) is 29.8 Å². The molecule has 0 amide bonds. The van der Waals surface area contributed by atoms with E-state index in [1.165, 1.54) is 11.0 Å². The molecule has 0 N–H and O–H groups in total. The zero-order valence-corrected chi connectivity index (χ0v) is 10.3. The van der Waals surface area contributed by atoms with Gasteiger partial charge in [-0.1, -0.05) is 12.1 Å². The fourth-order valence-electron chi connectivity index (χ4n) is 1.72. The minimum Gasteiger partial charge on any atom is -0.494 e. The van der Waals surface area contributed by atoms with E-state index in [1.54, 1.807) is 25.2 Å². The van der Waals surface area contributed by atoms with Crippen LogP contribution >= 0.6 is 0 Å². The van der Waals surface area contributed by atoms with Crippen molar-refractivity contribution in [2.75, 3.05) is 20.1 Å². The second kappa shape index (κ2) is 5.54. The third-order valence-corrected chi connectivity index (χ3v) is 2.56. The molecule has 0 bridgehead atoms. The Hall–Kier alpha value is -2.33. The van der Waals surface area contributed by atoms with E-state index in [0.29, 0.717) is 11.0 Å². The number of carbonyl (C=O) groups excluding carboxylic acids is 2. The monoisotopic (exact) mass is 258 g/mol. The largest absolute Gasteiger partial charge is 0.636 e. The Balaban J connectivity index is 2.24. The quantitative estimate of drug-likeness (QED) is 0.619. The molecule has 0 saturated carbocycles. The maximum Gasteiger partial charge on any atom is 0.636 e. The maximum atomic E-state index is 11.6. The second-order valence-corrected chi connectivity index (χ2v) is 4.22. The van der Waals surface area contributed by atoms with Crippen LogP contribution in [0.2, 0.25) is 0 Å². The molecule has 2 rings (SSSR count). The van der Waals surface area contributed by atoms with Gasteiger partial charge in [0, 0.05) is 5.46 Å². The number of rotatable bonds is 1. The number of nitriles is 1. The van der Waals surface area contributed by atoms with Crippen LogP contribution in [0.25, 0.3) is 0 Å². The number of hydrogen-bond donors (Lipinski definition) is 0. The Morgan fingerprint density at radius 1 is 1.26 bits per heavy atom. The third-order valence-electron chi connectivity index (χ3n) is 2.56. The minimum atomic E-state index is -1.10. The summed E-state index contributed by atoms with van der Waals surface area (Å²) in [4.78, 5) is 24.6. The lowest BCUT2D eigenvalue weighted by atomic mass is 9.78. The van der Waals surface area contributed by atoms with Crippen molar-refractivity contribution >= 4 is 24.5 Å². The fourth-order valence-corrected chi connectivity index (χ4v) is 1.72. The summed E-state index contributed by atoms with van der Waals surface area (Å²) < 4.78 is 10.2. The SMILES string of the molecule is CN1CC(=O)OB(c2cccc(C#N)c2)OC(=O)C1. The molecule has 6 nitrogen and oxygen atoms in total. The van der Waals surface area contributed by atoms with E-state index < -0.39 is 19.1 Å². The van der Waals surface area contributed by atoms with Gasteiger partial charge >= 0.3 is 19.1 Å². The van der Waals surface area contributed by atoms with Crippen molar-refractivity contribution in [2.24, 2.45) is 0 Å². The number of likely N-dealkylation sites (N-methyl/N-ethyl adjacent to an activating group) is 1. The summed E-state index contributed by atoms with van der Waals surface area (Å²) in [5.74, 6) is -0.968. The van der Waals surface area contributed by atoms with Gasteiger partial charge in [-0.05, 0) is 19.2 Å². The topological polar surface area (TPSA) is 79.6 Å². The van der Waals surface area contributed by atoms with Crippen LogP contribution < -0.4 is 5.46 Å². The minimum absolute atomic E-state index is 0.0174. The van der Waals surface area contributed by atoms with Crippen LogP contribution in [0.15, 0.2) is 24.3 Å². The first-order chi connectivity index (χ1) is 9.08. The van der Waals surface area contributed by atoms with Crippen LogP contribution in [-0.2, 0) is 18.9 Å². The molecule has 0 spiro atoms. The van der Waals surface area contributed by atoms with Crippen LogP contribution in [0.5, 0.6) is 0 Å². The highest BCUT2D eigenvalue weighted by molar-refractivity contribution is 6.64. The highest BCUT2D eigenvalue weighted by atomic mass is 16.6. The molecule has 0 aromatic heterocycles. The molecule has 0 unspecified atom stereocenters. The summed E-state index contributed by atoms with van der Waals surface area (Å²) in [6.07, 6.45) is 0. The normalized spacial score (nSPS) is 16.9. The van der Waals surface area contributed by atoms with E-state index in [2.05, 4.69) is 0 Å². The van der Waals surface area contributed by atoms with Gasteiger partial charge in [-0.3, -0.25) is 14.5 Å². The van der Waals surface area contributed by atoms with Gasteiger partial charge in [0.25, 0.3) is 0 Å². The Kier molecular flexibility index (Phi) is 3.83.